The van der Waals surface area contributed by atoms with Gasteiger partial charge in [0, 0.05) is 33.8 Å². The zero-order valence-electron chi connectivity index (χ0n) is 26.0. The van der Waals surface area contributed by atoms with Gasteiger partial charge in [0.15, 0.2) is 23.0 Å². The first-order valence-electron chi connectivity index (χ1n) is 14.3. The fraction of sp³-hybridized carbons (Fsp3) is 0.625. The number of ether oxygens (including phenoxy) is 2. The molecule has 0 aromatic heterocycles. The van der Waals surface area contributed by atoms with Crippen LogP contribution in [-0.4, -0.2) is 36.9 Å². The number of benzene rings is 2. The van der Waals surface area contributed by atoms with Crippen molar-refractivity contribution < 1.29 is 18.5 Å². The normalized spacial score (nSPS) is 11.9. The van der Waals surface area contributed by atoms with Crippen molar-refractivity contribution in [3.63, 3.8) is 0 Å². The molecule has 2 aromatic rings. The largest absolute Gasteiger partial charge is 0.493 e. The number of rotatable bonds is 15. The van der Waals surface area contributed by atoms with Crippen molar-refractivity contribution in [2.45, 2.75) is 118 Å². The maximum absolute atomic E-state index is 6.96. The molecule has 0 aliphatic heterocycles. The summed E-state index contributed by atoms with van der Waals surface area (Å²) in [6.45, 7) is 22.4. The molecule has 0 radical (unpaired) electrons. The smallest absolute Gasteiger partial charge is 0.173 e. The highest BCUT2D eigenvalue weighted by Crippen LogP contribution is 2.57. The SMILES string of the molecule is CCCc1cc(OC)c(OP(C(C)C)C(C)C)c(-c2cc(CCC)cc(OC)c2OP(C(C)C)C(C)C)c1. The van der Waals surface area contributed by atoms with Gasteiger partial charge in [-0.15, -0.1) is 0 Å². The van der Waals surface area contributed by atoms with Crippen molar-refractivity contribution >= 4 is 16.3 Å². The molecule has 0 fully saturated rings. The highest BCUT2D eigenvalue weighted by Gasteiger charge is 2.29. The predicted octanol–water partition coefficient (Wildman–Crippen LogP) is 10.5. The molecule has 6 heteroatoms. The van der Waals surface area contributed by atoms with Crippen molar-refractivity contribution in [3.05, 3.63) is 35.4 Å². The summed E-state index contributed by atoms with van der Waals surface area (Å²) in [5.74, 6) is 3.22. The lowest BCUT2D eigenvalue weighted by Crippen LogP contribution is -2.11. The van der Waals surface area contributed by atoms with Crippen molar-refractivity contribution in [1.29, 1.82) is 0 Å². The Kier molecular flexibility index (Phi) is 13.2. The molecular weight excluding hydrogens is 510 g/mol. The number of hydrogen-bond donors (Lipinski definition) is 0. The molecule has 0 saturated carbocycles. The second-order valence-electron chi connectivity index (χ2n) is 11.1. The topological polar surface area (TPSA) is 36.9 Å². The van der Waals surface area contributed by atoms with Crippen molar-refractivity contribution in [2.24, 2.45) is 0 Å². The lowest BCUT2D eigenvalue weighted by molar-refractivity contribution is 0.394. The van der Waals surface area contributed by atoms with Crippen LogP contribution in [0, 0.1) is 0 Å². The molecule has 0 atom stereocenters. The minimum absolute atomic E-state index is 0.421. The number of aryl methyl sites for hydroxylation is 2. The van der Waals surface area contributed by atoms with Gasteiger partial charge in [-0.2, -0.15) is 0 Å². The number of methoxy groups -OCH3 is 2. The average molecular weight is 563 g/mol. The molecule has 0 saturated heterocycles. The summed E-state index contributed by atoms with van der Waals surface area (Å²) in [4.78, 5) is 0. The third-order valence-electron chi connectivity index (χ3n) is 6.47. The van der Waals surface area contributed by atoms with E-state index in [1.165, 1.54) is 11.1 Å². The van der Waals surface area contributed by atoms with E-state index in [1.807, 2.05) is 0 Å². The summed E-state index contributed by atoms with van der Waals surface area (Å²) in [7, 11) is 2.05. The predicted molar refractivity (Wildman–Crippen MR) is 169 cm³/mol. The monoisotopic (exact) mass is 562 g/mol. The fourth-order valence-corrected chi connectivity index (χ4v) is 8.93. The molecule has 214 valence electrons. The molecule has 0 heterocycles. The van der Waals surface area contributed by atoms with Crippen molar-refractivity contribution in [2.75, 3.05) is 14.2 Å². The Morgan fingerprint density at radius 1 is 0.553 bits per heavy atom. The van der Waals surface area contributed by atoms with Crippen LogP contribution < -0.4 is 18.5 Å². The first-order valence-corrected chi connectivity index (χ1v) is 17.1. The maximum Gasteiger partial charge on any atom is 0.173 e. The fourth-order valence-electron chi connectivity index (χ4n) is 4.90. The molecule has 0 spiro atoms. The first-order chi connectivity index (χ1) is 18.0. The van der Waals surface area contributed by atoms with Crippen LogP contribution in [0.25, 0.3) is 11.1 Å². The highest BCUT2D eigenvalue weighted by atomic mass is 31.1. The van der Waals surface area contributed by atoms with Crippen LogP contribution >= 0.6 is 16.3 Å². The van der Waals surface area contributed by atoms with E-state index in [4.69, 9.17) is 18.5 Å². The first kappa shape index (κ1) is 32.7. The van der Waals surface area contributed by atoms with E-state index in [0.29, 0.717) is 22.6 Å². The van der Waals surface area contributed by atoms with Gasteiger partial charge in [0.1, 0.15) is 0 Å². The Balaban J connectivity index is 2.96. The van der Waals surface area contributed by atoms with Crippen molar-refractivity contribution in [3.8, 4) is 34.1 Å². The molecule has 2 rings (SSSR count). The van der Waals surface area contributed by atoms with E-state index >= 15 is 0 Å². The molecule has 2 aromatic carbocycles. The summed E-state index contributed by atoms with van der Waals surface area (Å²) >= 11 is 0. The molecule has 0 amide bonds. The van der Waals surface area contributed by atoms with E-state index < -0.39 is 16.3 Å². The van der Waals surface area contributed by atoms with Crippen LogP contribution in [-0.2, 0) is 12.8 Å². The summed E-state index contributed by atoms with van der Waals surface area (Å²) in [5, 5.41) is 0. The molecule has 0 bridgehead atoms. The zero-order valence-corrected chi connectivity index (χ0v) is 27.8. The van der Waals surface area contributed by atoms with E-state index in [9.17, 15) is 0 Å². The van der Waals surface area contributed by atoms with Crippen LogP contribution in [0.2, 0.25) is 0 Å². The quantitative estimate of drug-likeness (QED) is 0.202. The molecule has 0 aliphatic rings. The van der Waals surface area contributed by atoms with Gasteiger partial charge in [-0.25, -0.2) is 0 Å². The molecule has 0 N–H and O–H groups in total. The van der Waals surface area contributed by atoms with Gasteiger partial charge in [0.2, 0.25) is 0 Å². The minimum atomic E-state index is -0.722. The van der Waals surface area contributed by atoms with E-state index in [-0.39, 0.29) is 0 Å². The van der Waals surface area contributed by atoms with Crippen molar-refractivity contribution in [1.82, 2.24) is 0 Å². The second kappa shape index (κ2) is 15.3. The van der Waals surface area contributed by atoms with Gasteiger partial charge < -0.3 is 18.5 Å². The molecular formula is C32H52O4P2. The Morgan fingerprint density at radius 3 is 1.11 bits per heavy atom. The average Bonchev–Trinajstić information content (AvgIpc) is 2.85. The van der Waals surface area contributed by atoms with Gasteiger partial charge in [-0.1, -0.05) is 82.1 Å². The third kappa shape index (κ3) is 8.25. The lowest BCUT2D eigenvalue weighted by atomic mass is 9.95. The Bertz CT molecular complexity index is 920. The van der Waals surface area contributed by atoms with Gasteiger partial charge in [0.25, 0.3) is 0 Å². The second-order valence-corrected chi connectivity index (χ2v) is 17.1. The highest BCUT2D eigenvalue weighted by molar-refractivity contribution is 7.54. The Labute approximate surface area is 235 Å². The van der Waals surface area contributed by atoms with E-state index in [2.05, 4.69) is 93.5 Å². The third-order valence-corrected chi connectivity index (χ3v) is 11.3. The molecule has 4 nitrogen and oxygen atoms in total. The lowest BCUT2D eigenvalue weighted by Gasteiger charge is -2.30. The molecule has 38 heavy (non-hydrogen) atoms. The zero-order chi connectivity index (χ0) is 28.6. The van der Waals surface area contributed by atoms with E-state index in [1.54, 1.807) is 14.2 Å². The molecule has 0 aliphatic carbocycles. The summed E-state index contributed by atoms with van der Waals surface area (Å²) in [6, 6.07) is 8.89. The summed E-state index contributed by atoms with van der Waals surface area (Å²) in [5.41, 5.74) is 6.24. The Hall–Kier alpha value is -1.50. The molecule has 0 unspecified atom stereocenters. The van der Waals surface area contributed by atoms with Gasteiger partial charge >= 0.3 is 0 Å². The summed E-state index contributed by atoms with van der Waals surface area (Å²) < 4.78 is 25.9. The van der Waals surface area contributed by atoms with Crippen LogP contribution in [0.4, 0.5) is 0 Å². The van der Waals surface area contributed by atoms with Crippen LogP contribution in [0.3, 0.4) is 0 Å². The number of hydrogen-bond acceptors (Lipinski definition) is 4. The minimum Gasteiger partial charge on any atom is -0.493 e. The summed E-state index contributed by atoms with van der Waals surface area (Å²) in [6.07, 6.45) is 4.06. The maximum atomic E-state index is 6.96. The standard InChI is InChI=1S/C32H52O4P2/c1-13-15-25-17-27(31(29(19-25)33-11)35-37(21(3)4)22(5)6)28-18-26(16-14-2)20-30(34-12)32(28)36-38(23(7)8)24(9)10/h17-24H,13-16H2,1-12H3. The Morgan fingerprint density at radius 2 is 0.868 bits per heavy atom. The van der Waals surface area contributed by atoms with Crippen LogP contribution in [0.15, 0.2) is 24.3 Å². The van der Waals surface area contributed by atoms with E-state index in [0.717, 1.165) is 59.8 Å². The van der Waals surface area contributed by atoms with Gasteiger partial charge in [-0.05, 0) is 48.2 Å². The van der Waals surface area contributed by atoms with Crippen LogP contribution in [0.5, 0.6) is 23.0 Å². The van der Waals surface area contributed by atoms with Gasteiger partial charge in [-0.3, -0.25) is 0 Å². The van der Waals surface area contributed by atoms with Crippen LogP contribution in [0.1, 0.15) is 93.2 Å². The van der Waals surface area contributed by atoms with Gasteiger partial charge in [0.05, 0.1) is 30.5 Å².